The number of rotatable bonds is 6. The van der Waals surface area contributed by atoms with Gasteiger partial charge in [0.15, 0.2) is 0 Å². The predicted octanol–water partition coefficient (Wildman–Crippen LogP) is -0.0166. The van der Waals surface area contributed by atoms with Gasteiger partial charge in [0.1, 0.15) is 22.9 Å². The Labute approximate surface area is 129 Å². The molecule has 0 atom stereocenters. The molecule has 1 heterocycles. The second-order valence-electron chi connectivity index (χ2n) is 4.61. The molecule has 1 aromatic heterocycles. The summed E-state index contributed by atoms with van der Waals surface area (Å²) in [5, 5.41) is 2.50. The standard InChI is InChI=1S/C14H15FN4O4/c15-8-3-1-4-9(7-8)23-6-2-5-17-13(21)11-10(16)12(20)19-14(22)18-11/h1,3-4,7H,2,5-6,16H2,(H,17,21)(H2,18,19,20,22). The minimum atomic E-state index is -0.826. The van der Waals surface area contributed by atoms with Gasteiger partial charge in [-0.1, -0.05) is 6.07 Å². The van der Waals surface area contributed by atoms with Gasteiger partial charge in [-0.2, -0.15) is 0 Å². The number of hydrogen-bond donors (Lipinski definition) is 4. The Bertz CT molecular complexity index is 815. The van der Waals surface area contributed by atoms with Gasteiger partial charge in [0.05, 0.1) is 6.61 Å². The highest BCUT2D eigenvalue weighted by molar-refractivity contribution is 5.96. The van der Waals surface area contributed by atoms with Gasteiger partial charge in [-0.3, -0.25) is 14.6 Å². The van der Waals surface area contributed by atoms with Gasteiger partial charge in [0, 0.05) is 12.6 Å². The van der Waals surface area contributed by atoms with Crippen LogP contribution in [0.2, 0.25) is 0 Å². The van der Waals surface area contributed by atoms with Crippen molar-refractivity contribution < 1.29 is 13.9 Å². The SMILES string of the molecule is Nc1c(C(=O)NCCCOc2cccc(F)c2)[nH]c(=O)[nH]c1=O. The first-order valence-electron chi connectivity index (χ1n) is 6.76. The number of nitrogen functional groups attached to an aromatic ring is 1. The highest BCUT2D eigenvalue weighted by Gasteiger charge is 2.13. The minimum Gasteiger partial charge on any atom is -0.493 e. The fraction of sp³-hybridized carbons (Fsp3) is 0.214. The molecule has 122 valence electrons. The summed E-state index contributed by atoms with van der Waals surface area (Å²) in [5.41, 5.74) is 3.15. The van der Waals surface area contributed by atoms with E-state index < -0.39 is 23.0 Å². The van der Waals surface area contributed by atoms with Crippen LogP contribution in [-0.4, -0.2) is 29.0 Å². The van der Waals surface area contributed by atoms with Gasteiger partial charge in [-0.15, -0.1) is 0 Å². The van der Waals surface area contributed by atoms with Crippen LogP contribution in [0.15, 0.2) is 33.9 Å². The number of ether oxygens (including phenoxy) is 1. The summed E-state index contributed by atoms with van der Waals surface area (Å²) in [6.45, 7) is 0.480. The van der Waals surface area contributed by atoms with Crippen molar-refractivity contribution in [3.05, 3.63) is 56.6 Å². The molecule has 0 saturated carbocycles. The number of carbonyl (C=O) groups is 1. The summed E-state index contributed by atoms with van der Waals surface area (Å²) in [4.78, 5) is 38.3. The third-order valence-corrected chi connectivity index (χ3v) is 2.88. The van der Waals surface area contributed by atoms with Crippen molar-refractivity contribution in [2.24, 2.45) is 0 Å². The van der Waals surface area contributed by atoms with Crippen LogP contribution in [0, 0.1) is 5.82 Å². The first-order valence-corrected chi connectivity index (χ1v) is 6.76. The van der Waals surface area contributed by atoms with E-state index in [1.165, 1.54) is 18.2 Å². The summed E-state index contributed by atoms with van der Waals surface area (Å²) in [5.74, 6) is -0.680. The molecular formula is C14H15FN4O4. The molecule has 23 heavy (non-hydrogen) atoms. The Morgan fingerprint density at radius 1 is 1.30 bits per heavy atom. The van der Waals surface area contributed by atoms with Crippen molar-refractivity contribution in [3.8, 4) is 5.75 Å². The van der Waals surface area contributed by atoms with Crippen LogP contribution in [0.25, 0.3) is 0 Å². The number of H-pyrrole nitrogens is 2. The molecule has 9 heteroatoms. The predicted molar refractivity (Wildman–Crippen MR) is 80.9 cm³/mol. The van der Waals surface area contributed by atoms with Gasteiger partial charge >= 0.3 is 5.69 Å². The van der Waals surface area contributed by atoms with Crippen molar-refractivity contribution in [2.75, 3.05) is 18.9 Å². The van der Waals surface area contributed by atoms with E-state index in [1.54, 1.807) is 6.07 Å². The number of aromatic nitrogens is 2. The lowest BCUT2D eigenvalue weighted by molar-refractivity contribution is 0.0947. The van der Waals surface area contributed by atoms with Crippen molar-refractivity contribution in [3.63, 3.8) is 0 Å². The monoisotopic (exact) mass is 322 g/mol. The highest BCUT2D eigenvalue weighted by Crippen LogP contribution is 2.11. The molecule has 0 unspecified atom stereocenters. The summed E-state index contributed by atoms with van der Waals surface area (Å²) in [7, 11) is 0. The molecule has 0 saturated heterocycles. The number of amides is 1. The summed E-state index contributed by atoms with van der Waals surface area (Å²) >= 11 is 0. The number of carbonyl (C=O) groups excluding carboxylic acids is 1. The van der Waals surface area contributed by atoms with Gasteiger partial charge in [-0.25, -0.2) is 9.18 Å². The fourth-order valence-electron chi connectivity index (χ4n) is 1.78. The topological polar surface area (TPSA) is 130 Å². The summed E-state index contributed by atoms with van der Waals surface area (Å²) < 4.78 is 18.2. The number of benzene rings is 1. The van der Waals surface area contributed by atoms with Crippen LogP contribution in [0.4, 0.5) is 10.1 Å². The molecule has 0 bridgehead atoms. The van der Waals surface area contributed by atoms with Crippen molar-refractivity contribution >= 4 is 11.6 Å². The lowest BCUT2D eigenvalue weighted by Gasteiger charge is -2.08. The number of hydrogen-bond acceptors (Lipinski definition) is 5. The number of aromatic amines is 2. The number of anilines is 1. The largest absolute Gasteiger partial charge is 0.493 e. The smallest absolute Gasteiger partial charge is 0.326 e. The van der Waals surface area contributed by atoms with Crippen molar-refractivity contribution in [1.82, 2.24) is 15.3 Å². The molecule has 0 aliphatic carbocycles. The molecule has 0 spiro atoms. The maximum Gasteiger partial charge on any atom is 0.326 e. The fourth-order valence-corrected chi connectivity index (χ4v) is 1.78. The first kappa shape index (κ1) is 16.3. The Balaban J connectivity index is 1.81. The number of nitrogens with one attached hydrogen (secondary N) is 3. The van der Waals surface area contributed by atoms with E-state index >= 15 is 0 Å². The second kappa shape index (κ2) is 7.25. The van der Waals surface area contributed by atoms with E-state index in [0.717, 1.165) is 0 Å². The zero-order valence-electron chi connectivity index (χ0n) is 12.0. The Morgan fingerprint density at radius 2 is 2.09 bits per heavy atom. The van der Waals surface area contributed by atoms with Gasteiger partial charge < -0.3 is 20.8 Å². The average Bonchev–Trinajstić information content (AvgIpc) is 2.50. The molecule has 0 aliphatic heterocycles. The maximum atomic E-state index is 12.9. The third-order valence-electron chi connectivity index (χ3n) is 2.88. The van der Waals surface area contributed by atoms with E-state index in [9.17, 15) is 18.8 Å². The molecule has 0 fully saturated rings. The van der Waals surface area contributed by atoms with Crippen LogP contribution in [0.1, 0.15) is 16.9 Å². The van der Waals surface area contributed by atoms with E-state index in [-0.39, 0.29) is 24.5 Å². The zero-order valence-corrected chi connectivity index (χ0v) is 12.0. The lowest BCUT2D eigenvalue weighted by Crippen LogP contribution is -2.34. The van der Waals surface area contributed by atoms with E-state index in [4.69, 9.17) is 10.5 Å². The van der Waals surface area contributed by atoms with Gasteiger partial charge in [-0.05, 0) is 18.6 Å². The Kier molecular flexibility index (Phi) is 5.13. The van der Waals surface area contributed by atoms with Crippen LogP contribution < -0.4 is 27.0 Å². The Hall–Kier alpha value is -3.10. The molecule has 0 radical (unpaired) electrons. The molecular weight excluding hydrogens is 307 g/mol. The molecule has 2 aromatic rings. The number of halogens is 1. The van der Waals surface area contributed by atoms with Crippen molar-refractivity contribution in [2.45, 2.75) is 6.42 Å². The number of nitrogens with two attached hydrogens (primary N) is 1. The van der Waals surface area contributed by atoms with Crippen LogP contribution in [0.5, 0.6) is 5.75 Å². The quantitative estimate of drug-likeness (QED) is 0.555. The van der Waals surface area contributed by atoms with Crippen LogP contribution >= 0.6 is 0 Å². The van der Waals surface area contributed by atoms with Gasteiger partial charge in [0.25, 0.3) is 11.5 Å². The Morgan fingerprint density at radius 3 is 2.83 bits per heavy atom. The molecule has 1 aromatic carbocycles. The van der Waals surface area contributed by atoms with E-state index in [1.807, 2.05) is 4.98 Å². The average molecular weight is 322 g/mol. The second-order valence-corrected chi connectivity index (χ2v) is 4.61. The van der Waals surface area contributed by atoms with Crippen LogP contribution in [-0.2, 0) is 0 Å². The molecule has 5 N–H and O–H groups in total. The molecule has 0 aliphatic rings. The molecule has 8 nitrogen and oxygen atoms in total. The first-order chi connectivity index (χ1) is 11.0. The normalized spacial score (nSPS) is 10.3. The maximum absolute atomic E-state index is 12.9. The van der Waals surface area contributed by atoms with Crippen LogP contribution in [0.3, 0.4) is 0 Å². The van der Waals surface area contributed by atoms with E-state index in [2.05, 4.69) is 10.3 Å². The minimum absolute atomic E-state index is 0.225. The third kappa shape index (κ3) is 4.43. The van der Waals surface area contributed by atoms with Crippen molar-refractivity contribution in [1.29, 1.82) is 0 Å². The van der Waals surface area contributed by atoms with E-state index in [0.29, 0.717) is 12.2 Å². The molecule has 1 amide bonds. The van der Waals surface area contributed by atoms with Gasteiger partial charge in [0.2, 0.25) is 0 Å². The molecule has 2 rings (SSSR count). The zero-order chi connectivity index (χ0) is 16.8. The summed E-state index contributed by atoms with van der Waals surface area (Å²) in [6, 6.07) is 5.70. The highest BCUT2D eigenvalue weighted by atomic mass is 19.1. The lowest BCUT2D eigenvalue weighted by atomic mass is 10.3. The summed E-state index contributed by atoms with van der Waals surface area (Å²) in [6.07, 6.45) is 0.440.